The number of nitrogens with one attached hydrogen (secondary N) is 3. The molecule has 1 heterocycles. The van der Waals surface area contributed by atoms with Crippen LogP contribution in [0.1, 0.15) is 31.2 Å². The zero-order chi connectivity index (χ0) is 19.1. The second-order valence-electron chi connectivity index (χ2n) is 6.84. The van der Waals surface area contributed by atoms with E-state index in [2.05, 4.69) is 32.5 Å². The van der Waals surface area contributed by atoms with Crippen molar-refractivity contribution in [2.45, 2.75) is 49.3 Å². The van der Waals surface area contributed by atoms with Gasteiger partial charge >= 0.3 is 0 Å². The van der Waals surface area contributed by atoms with Crippen molar-refractivity contribution in [3.05, 3.63) is 42.0 Å². The van der Waals surface area contributed by atoms with Crippen molar-refractivity contribution in [2.75, 3.05) is 20.2 Å². The van der Waals surface area contributed by atoms with Crippen molar-refractivity contribution < 1.29 is 13.2 Å². The third kappa shape index (κ3) is 5.79. The first kappa shape index (κ1) is 19.9. The highest BCUT2D eigenvalue weighted by molar-refractivity contribution is 7.89. The zero-order valence-electron chi connectivity index (χ0n) is 15.6. The molecule has 0 radical (unpaired) electrons. The van der Waals surface area contributed by atoms with Crippen molar-refractivity contribution in [3.8, 4) is 0 Å². The van der Waals surface area contributed by atoms with E-state index in [4.69, 9.17) is 4.74 Å². The predicted octanol–water partition coefficient (Wildman–Crippen LogP) is 1.53. The molecule has 1 aromatic carbocycles. The number of ether oxygens (including phenoxy) is 1. The molecule has 1 aromatic rings. The van der Waals surface area contributed by atoms with Crippen LogP contribution >= 0.6 is 0 Å². The molecule has 0 spiro atoms. The van der Waals surface area contributed by atoms with E-state index in [0.29, 0.717) is 25.7 Å². The van der Waals surface area contributed by atoms with Crippen LogP contribution < -0.4 is 15.4 Å². The van der Waals surface area contributed by atoms with E-state index >= 15 is 0 Å². The summed E-state index contributed by atoms with van der Waals surface area (Å²) in [5.74, 6) is 0.749. The molecule has 148 valence electrons. The maximum absolute atomic E-state index is 12.4. The van der Waals surface area contributed by atoms with E-state index in [-0.39, 0.29) is 11.0 Å². The van der Waals surface area contributed by atoms with E-state index in [1.54, 1.807) is 19.2 Å². The summed E-state index contributed by atoms with van der Waals surface area (Å²) in [5.41, 5.74) is 0.987. The molecule has 1 unspecified atom stereocenters. The van der Waals surface area contributed by atoms with Gasteiger partial charge in [0.1, 0.15) is 0 Å². The van der Waals surface area contributed by atoms with Crippen molar-refractivity contribution in [3.63, 3.8) is 0 Å². The summed E-state index contributed by atoms with van der Waals surface area (Å²) < 4.78 is 32.9. The molecule has 1 saturated heterocycles. The van der Waals surface area contributed by atoms with Gasteiger partial charge in [0.05, 0.1) is 11.0 Å². The minimum absolute atomic E-state index is 0.0161. The number of sulfonamides is 1. The third-order valence-corrected chi connectivity index (χ3v) is 6.23. The molecule has 1 atom stereocenters. The number of benzene rings is 1. The summed E-state index contributed by atoms with van der Waals surface area (Å²) in [7, 11) is -1.77. The smallest absolute Gasteiger partial charge is 0.240 e. The summed E-state index contributed by atoms with van der Waals surface area (Å²) in [6.45, 7) is 1.61. The quantitative estimate of drug-likeness (QED) is 0.372. The topological polar surface area (TPSA) is 91.8 Å². The maximum atomic E-state index is 12.4. The number of guanidine groups is 1. The number of nitrogens with zero attached hydrogens (tertiary/aromatic N) is 1. The molecule has 0 bridgehead atoms. The number of hydrogen-bond acceptors (Lipinski definition) is 4. The molecule has 8 heteroatoms. The lowest BCUT2D eigenvalue weighted by Gasteiger charge is -2.17. The molecule has 1 aliphatic heterocycles. The molecule has 27 heavy (non-hydrogen) atoms. The summed E-state index contributed by atoms with van der Waals surface area (Å²) >= 11 is 0. The monoisotopic (exact) mass is 392 g/mol. The van der Waals surface area contributed by atoms with E-state index in [9.17, 15) is 8.42 Å². The highest BCUT2D eigenvalue weighted by Gasteiger charge is 2.20. The summed E-state index contributed by atoms with van der Waals surface area (Å²) in [6, 6.07) is 7.28. The number of hydrogen-bond donors (Lipinski definition) is 3. The fourth-order valence-corrected chi connectivity index (χ4v) is 4.25. The van der Waals surface area contributed by atoms with Crippen LogP contribution in [0, 0.1) is 0 Å². The van der Waals surface area contributed by atoms with E-state index < -0.39 is 10.0 Å². The van der Waals surface area contributed by atoms with Crippen LogP contribution in [0.15, 0.2) is 46.3 Å². The first-order valence-electron chi connectivity index (χ1n) is 9.39. The Balaban J connectivity index is 1.49. The molecule has 1 fully saturated rings. The van der Waals surface area contributed by atoms with Crippen molar-refractivity contribution in [2.24, 2.45) is 4.99 Å². The van der Waals surface area contributed by atoms with Crippen molar-refractivity contribution in [1.82, 2.24) is 15.4 Å². The molecule has 1 aliphatic carbocycles. The largest absolute Gasteiger partial charge is 0.377 e. The van der Waals surface area contributed by atoms with Gasteiger partial charge in [0.25, 0.3) is 0 Å². The minimum Gasteiger partial charge on any atom is -0.377 e. The molecule has 3 N–H and O–H groups in total. The van der Waals surface area contributed by atoms with Crippen LogP contribution in [0.4, 0.5) is 0 Å². The van der Waals surface area contributed by atoms with Gasteiger partial charge in [-0.2, -0.15) is 0 Å². The normalized spacial score (nSPS) is 20.9. The molecular weight excluding hydrogens is 364 g/mol. The van der Waals surface area contributed by atoms with Crippen LogP contribution in [-0.4, -0.2) is 46.7 Å². The second-order valence-corrected chi connectivity index (χ2v) is 8.61. The van der Waals surface area contributed by atoms with E-state index in [1.807, 2.05) is 12.1 Å². The Morgan fingerprint density at radius 2 is 1.96 bits per heavy atom. The summed E-state index contributed by atoms with van der Waals surface area (Å²) in [4.78, 5) is 4.50. The first-order valence-corrected chi connectivity index (χ1v) is 10.9. The molecule has 0 amide bonds. The third-order valence-electron chi connectivity index (χ3n) is 4.79. The highest BCUT2D eigenvalue weighted by atomic mass is 32.2. The van der Waals surface area contributed by atoms with Gasteiger partial charge in [0, 0.05) is 32.8 Å². The predicted molar refractivity (Wildman–Crippen MR) is 106 cm³/mol. The zero-order valence-corrected chi connectivity index (χ0v) is 16.5. The Labute approximate surface area is 161 Å². The van der Waals surface area contributed by atoms with Gasteiger partial charge in [-0.1, -0.05) is 24.3 Å². The van der Waals surface area contributed by atoms with Crippen LogP contribution in [0.25, 0.3) is 0 Å². The fourth-order valence-electron chi connectivity index (χ4n) is 3.19. The van der Waals surface area contributed by atoms with Gasteiger partial charge in [0.15, 0.2) is 5.96 Å². The average molecular weight is 393 g/mol. The average Bonchev–Trinajstić information content (AvgIpc) is 3.38. The van der Waals surface area contributed by atoms with Gasteiger partial charge in [0.2, 0.25) is 10.0 Å². The van der Waals surface area contributed by atoms with Gasteiger partial charge in [-0.05, 0) is 43.4 Å². The standard InChI is InChI=1S/C19H28N4O3S/c1-20-19(23-16-5-2-3-6-16)21-13-15-8-10-18(11-9-15)27(24,25)22-14-17-7-4-12-26-17/h2-3,8-11,16-17,22H,4-7,12-14H2,1H3,(H2,20,21,23). The Hall–Kier alpha value is -1.90. The minimum atomic E-state index is -3.51. The Morgan fingerprint density at radius 3 is 2.59 bits per heavy atom. The molecular formula is C19H28N4O3S. The van der Waals surface area contributed by atoms with Crippen LogP contribution in [-0.2, 0) is 21.3 Å². The second kappa shape index (κ2) is 9.34. The van der Waals surface area contributed by atoms with Crippen molar-refractivity contribution in [1.29, 1.82) is 0 Å². The van der Waals surface area contributed by atoms with Gasteiger partial charge < -0.3 is 15.4 Å². The van der Waals surface area contributed by atoms with E-state index in [1.165, 1.54) is 0 Å². The van der Waals surface area contributed by atoms with Gasteiger partial charge in [-0.15, -0.1) is 0 Å². The molecule has 7 nitrogen and oxygen atoms in total. The molecule has 2 aliphatic rings. The Bertz CT molecular complexity index is 761. The number of rotatable bonds is 7. The maximum Gasteiger partial charge on any atom is 0.240 e. The summed E-state index contributed by atoms with van der Waals surface area (Å²) in [6.07, 6.45) is 8.21. The Morgan fingerprint density at radius 1 is 1.22 bits per heavy atom. The first-order chi connectivity index (χ1) is 13.1. The van der Waals surface area contributed by atoms with Gasteiger partial charge in [-0.3, -0.25) is 4.99 Å². The van der Waals surface area contributed by atoms with Crippen LogP contribution in [0.5, 0.6) is 0 Å². The van der Waals surface area contributed by atoms with E-state index in [0.717, 1.165) is 37.2 Å². The Kier molecular flexibility index (Phi) is 6.87. The molecule has 0 aromatic heterocycles. The van der Waals surface area contributed by atoms with Crippen molar-refractivity contribution >= 4 is 16.0 Å². The lowest BCUT2D eigenvalue weighted by atomic mass is 10.2. The lowest BCUT2D eigenvalue weighted by molar-refractivity contribution is 0.114. The number of aliphatic imine (C=N–C) groups is 1. The highest BCUT2D eigenvalue weighted by Crippen LogP contribution is 2.14. The lowest BCUT2D eigenvalue weighted by Crippen LogP contribution is -2.42. The molecule has 3 rings (SSSR count). The van der Waals surface area contributed by atoms with Crippen LogP contribution in [0.2, 0.25) is 0 Å². The molecule has 0 saturated carbocycles. The fraction of sp³-hybridized carbons (Fsp3) is 0.526. The summed E-state index contributed by atoms with van der Waals surface area (Å²) in [5, 5.41) is 6.64. The van der Waals surface area contributed by atoms with Crippen LogP contribution in [0.3, 0.4) is 0 Å². The SMILES string of the molecule is CN=C(NCc1ccc(S(=O)(=O)NCC2CCCO2)cc1)NC1CC=CC1. The van der Waals surface area contributed by atoms with Gasteiger partial charge in [-0.25, -0.2) is 13.1 Å².